The summed E-state index contributed by atoms with van der Waals surface area (Å²) in [5.74, 6) is 1.49. The van der Waals surface area contributed by atoms with Crippen molar-refractivity contribution in [3.8, 4) is 0 Å². The Kier molecular flexibility index (Phi) is 5.73. The van der Waals surface area contributed by atoms with Crippen LogP contribution < -0.4 is 5.32 Å². The lowest BCUT2D eigenvalue weighted by Gasteiger charge is -2.11. The number of hydrogen-bond acceptors (Lipinski definition) is 3. The van der Waals surface area contributed by atoms with E-state index in [4.69, 9.17) is 16.6 Å². The molecule has 0 saturated heterocycles. The fourth-order valence-corrected chi connectivity index (χ4v) is 3.79. The molecule has 2 aromatic rings. The molecule has 0 unspecified atom stereocenters. The summed E-state index contributed by atoms with van der Waals surface area (Å²) < 4.78 is 2.29. The van der Waals surface area contributed by atoms with Crippen molar-refractivity contribution >= 4 is 23.4 Å². The van der Waals surface area contributed by atoms with Crippen molar-refractivity contribution in [3.05, 3.63) is 40.8 Å². The third-order valence-electron chi connectivity index (χ3n) is 3.23. The Hall–Kier alpha value is -0.970. The number of aromatic nitrogens is 2. The molecule has 0 amide bonds. The first kappa shape index (κ1) is 16.4. The number of halogens is 1. The summed E-state index contributed by atoms with van der Waals surface area (Å²) in [6.45, 7) is 8.23. The summed E-state index contributed by atoms with van der Waals surface area (Å²) in [5.41, 5.74) is 1.16. The van der Waals surface area contributed by atoms with Gasteiger partial charge in [0, 0.05) is 16.5 Å². The van der Waals surface area contributed by atoms with Crippen LogP contribution in [0.25, 0.3) is 0 Å². The number of benzene rings is 1. The first-order valence-corrected chi connectivity index (χ1v) is 8.43. The molecule has 0 saturated carbocycles. The van der Waals surface area contributed by atoms with Crippen LogP contribution in [0.1, 0.15) is 38.2 Å². The zero-order chi connectivity index (χ0) is 15.4. The summed E-state index contributed by atoms with van der Waals surface area (Å²) >= 11 is 7.84. The minimum Gasteiger partial charge on any atom is -0.322 e. The van der Waals surface area contributed by atoms with E-state index in [-0.39, 0.29) is 0 Å². The van der Waals surface area contributed by atoms with Gasteiger partial charge in [-0.15, -0.1) is 0 Å². The van der Waals surface area contributed by atoms with E-state index < -0.39 is 0 Å². The minimum absolute atomic E-state index is 0.398. The molecule has 1 aromatic carbocycles. The second-order valence-electron chi connectivity index (χ2n) is 5.21. The van der Waals surface area contributed by atoms with Gasteiger partial charge in [0.2, 0.25) is 0 Å². The summed E-state index contributed by atoms with van der Waals surface area (Å²) in [5, 5.41) is 5.19. The minimum atomic E-state index is 0.398. The van der Waals surface area contributed by atoms with Crippen LogP contribution in [0, 0.1) is 0 Å². The van der Waals surface area contributed by atoms with Gasteiger partial charge in [-0.25, -0.2) is 4.98 Å². The zero-order valence-corrected chi connectivity index (χ0v) is 14.6. The van der Waals surface area contributed by atoms with Gasteiger partial charge in [-0.1, -0.05) is 43.3 Å². The van der Waals surface area contributed by atoms with Crippen LogP contribution in [0.2, 0.25) is 5.02 Å². The van der Waals surface area contributed by atoms with E-state index in [1.807, 2.05) is 25.2 Å². The van der Waals surface area contributed by atoms with Gasteiger partial charge in [0.1, 0.15) is 10.9 Å². The Balaban J connectivity index is 2.44. The fraction of sp³-hybridized carbons (Fsp3) is 0.438. The van der Waals surface area contributed by atoms with Gasteiger partial charge < -0.3 is 9.88 Å². The van der Waals surface area contributed by atoms with E-state index in [1.165, 1.54) is 5.03 Å². The van der Waals surface area contributed by atoms with Crippen LogP contribution in [-0.4, -0.2) is 16.6 Å². The van der Waals surface area contributed by atoms with Crippen LogP contribution in [0.3, 0.4) is 0 Å². The Morgan fingerprint density at radius 2 is 2.14 bits per heavy atom. The molecule has 1 N–H and O–H groups in total. The first-order chi connectivity index (χ1) is 10.1. The number of hydrogen-bond donors (Lipinski definition) is 1. The van der Waals surface area contributed by atoms with Crippen LogP contribution in [-0.2, 0) is 13.1 Å². The number of imidazole rings is 1. The van der Waals surface area contributed by atoms with Gasteiger partial charge in [0.15, 0.2) is 0 Å². The lowest BCUT2D eigenvalue weighted by atomic mass is 10.1. The molecule has 2 rings (SSSR count). The quantitative estimate of drug-likeness (QED) is 0.845. The standard InChI is InChI=1S/C16H22ClN3S/c1-5-20-14(10-18-4)19-15(11(2)3)16(20)21-13-8-6-7-12(17)9-13/h6-9,11,18H,5,10H2,1-4H3. The van der Waals surface area contributed by atoms with E-state index in [0.717, 1.165) is 34.5 Å². The zero-order valence-electron chi connectivity index (χ0n) is 13.0. The van der Waals surface area contributed by atoms with Crippen molar-refractivity contribution in [2.75, 3.05) is 7.05 Å². The molecular weight excluding hydrogens is 302 g/mol. The van der Waals surface area contributed by atoms with Gasteiger partial charge in [-0.05, 0) is 38.1 Å². The van der Waals surface area contributed by atoms with Crippen molar-refractivity contribution in [1.29, 1.82) is 0 Å². The van der Waals surface area contributed by atoms with Crippen molar-refractivity contribution < 1.29 is 0 Å². The average molecular weight is 324 g/mol. The molecule has 0 atom stereocenters. The molecule has 1 heterocycles. The molecule has 0 fully saturated rings. The second kappa shape index (κ2) is 7.34. The van der Waals surface area contributed by atoms with Gasteiger partial charge in [-0.2, -0.15) is 0 Å². The maximum absolute atomic E-state index is 6.10. The predicted octanol–water partition coefficient (Wildman–Crippen LogP) is 4.55. The molecule has 3 nitrogen and oxygen atoms in total. The van der Waals surface area contributed by atoms with Crippen molar-refractivity contribution in [1.82, 2.24) is 14.9 Å². The highest BCUT2D eigenvalue weighted by atomic mass is 35.5. The Morgan fingerprint density at radius 3 is 2.71 bits per heavy atom. The Labute approximate surface area is 136 Å². The third-order valence-corrected chi connectivity index (χ3v) is 4.58. The van der Waals surface area contributed by atoms with E-state index in [9.17, 15) is 0 Å². The average Bonchev–Trinajstić information content (AvgIpc) is 2.77. The highest BCUT2D eigenvalue weighted by Crippen LogP contribution is 2.35. The van der Waals surface area contributed by atoms with E-state index in [2.05, 4.69) is 36.7 Å². The Morgan fingerprint density at radius 1 is 1.38 bits per heavy atom. The van der Waals surface area contributed by atoms with E-state index >= 15 is 0 Å². The predicted molar refractivity (Wildman–Crippen MR) is 90.3 cm³/mol. The SMILES string of the molecule is CCn1c(CNC)nc(C(C)C)c1Sc1cccc(Cl)c1. The molecule has 1 aromatic heterocycles. The topological polar surface area (TPSA) is 29.9 Å². The normalized spacial score (nSPS) is 11.3. The molecule has 0 spiro atoms. The van der Waals surface area contributed by atoms with Crippen molar-refractivity contribution in [2.24, 2.45) is 0 Å². The highest BCUT2D eigenvalue weighted by molar-refractivity contribution is 7.99. The maximum Gasteiger partial charge on any atom is 0.123 e. The first-order valence-electron chi connectivity index (χ1n) is 7.24. The number of nitrogens with zero attached hydrogens (tertiary/aromatic N) is 2. The lowest BCUT2D eigenvalue weighted by molar-refractivity contribution is 0.620. The van der Waals surface area contributed by atoms with E-state index in [1.54, 1.807) is 11.8 Å². The fourth-order valence-electron chi connectivity index (χ4n) is 2.25. The van der Waals surface area contributed by atoms with Crippen LogP contribution in [0.5, 0.6) is 0 Å². The molecule has 0 aliphatic heterocycles. The van der Waals surface area contributed by atoms with Gasteiger partial charge in [0.05, 0.1) is 12.2 Å². The van der Waals surface area contributed by atoms with Crippen molar-refractivity contribution in [3.63, 3.8) is 0 Å². The monoisotopic (exact) mass is 323 g/mol. The summed E-state index contributed by atoms with van der Waals surface area (Å²) in [7, 11) is 1.95. The van der Waals surface area contributed by atoms with Gasteiger partial charge in [0.25, 0.3) is 0 Å². The molecular formula is C16H22ClN3S. The molecule has 0 bridgehead atoms. The summed E-state index contributed by atoms with van der Waals surface area (Å²) in [6, 6.07) is 7.98. The molecule has 0 radical (unpaired) electrons. The lowest BCUT2D eigenvalue weighted by Crippen LogP contribution is -2.12. The van der Waals surface area contributed by atoms with Crippen LogP contribution in [0.4, 0.5) is 0 Å². The van der Waals surface area contributed by atoms with Gasteiger partial charge >= 0.3 is 0 Å². The Bertz CT molecular complexity index is 608. The molecule has 0 aliphatic rings. The highest BCUT2D eigenvalue weighted by Gasteiger charge is 2.19. The largest absolute Gasteiger partial charge is 0.322 e. The third kappa shape index (κ3) is 3.82. The number of nitrogens with one attached hydrogen (secondary N) is 1. The number of rotatable bonds is 6. The maximum atomic E-state index is 6.10. The molecule has 114 valence electrons. The smallest absolute Gasteiger partial charge is 0.123 e. The van der Waals surface area contributed by atoms with Crippen molar-refractivity contribution in [2.45, 2.75) is 49.7 Å². The molecule has 0 aliphatic carbocycles. The second-order valence-corrected chi connectivity index (χ2v) is 6.71. The van der Waals surface area contributed by atoms with Gasteiger partial charge in [-0.3, -0.25) is 0 Å². The molecule has 5 heteroatoms. The van der Waals surface area contributed by atoms with E-state index in [0.29, 0.717) is 5.92 Å². The van der Waals surface area contributed by atoms with Crippen LogP contribution >= 0.6 is 23.4 Å². The molecule has 21 heavy (non-hydrogen) atoms. The summed E-state index contributed by atoms with van der Waals surface area (Å²) in [6.07, 6.45) is 0. The summed E-state index contributed by atoms with van der Waals surface area (Å²) in [4.78, 5) is 5.98. The van der Waals surface area contributed by atoms with Crippen LogP contribution in [0.15, 0.2) is 34.2 Å².